The Balaban J connectivity index is 1.98. The lowest BCUT2D eigenvalue weighted by molar-refractivity contribution is -0.232. The fourth-order valence-corrected chi connectivity index (χ4v) is 4.87. The largest absolute Gasteiger partial charge is 0.465 e. The highest BCUT2D eigenvalue weighted by Crippen LogP contribution is 2.64. The van der Waals surface area contributed by atoms with Gasteiger partial charge < -0.3 is 9.84 Å². The molecule has 0 aromatic rings. The lowest BCUT2D eigenvalue weighted by atomic mass is 9.43. The van der Waals surface area contributed by atoms with E-state index in [9.17, 15) is 9.90 Å². The Morgan fingerprint density at radius 1 is 1.29 bits per heavy atom. The molecule has 0 radical (unpaired) electrons. The zero-order chi connectivity index (χ0) is 12.3. The maximum Gasteiger partial charge on any atom is 0.315 e. The normalized spacial score (nSPS) is 51.6. The summed E-state index contributed by atoms with van der Waals surface area (Å²) in [4.78, 5) is 12.3. The van der Waals surface area contributed by atoms with Gasteiger partial charge in [-0.1, -0.05) is 0 Å². The van der Waals surface area contributed by atoms with Crippen LogP contribution in [-0.4, -0.2) is 23.3 Å². The molecule has 17 heavy (non-hydrogen) atoms. The third-order valence-electron chi connectivity index (χ3n) is 5.61. The highest BCUT2D eigenvalue weighted by molar-refractivity contribution is 5.79. The van der Waals surface area contributed by atoms with Gasteiger partial charge in [0.05, 0.1) is 17.6 Å². The van der Waals surface area contributed by atoms with Gasteiger partial charge in [0.2, 0.25) is 0 Å². The smallest absolute Gasteiger partial charge is 0.315 e. The Morgan fingerprint density at radius 2 is 1.88 bits per heavy atom. The average Bonchev–Trinajstić information content (AvgIpc) is 2.25. The molecule has 3 heteroatoms. The van der Waals surface area contributed by atoms with E-state index in [2.05, 4.69) is 0 Å². The summed E-state index contributed by atoms with van der Waals surface area (Å²) in [5.74, 6) is 1.43. The topological polar surface area (TPSA) is 46.5 Å². The molecule has 3 atom stereocenters. The molecular weight excluding hydrogens is 216 g/mol. The minimum absolute atomic E-state index is 0.149. The lowest BCUT2D eigenvalue weighted by Crippen LogP contribution is -2.66. The van der Waals surface area contributed by atoms with E-state index in [0.717, 1.165) is 25.7 Å². The number of carbonyl (C=O) groups excluding carboxylic acids is 1. The van der Waals surface area contributed by atoms with Crippen molar-refractivity contribution in [3.05, 3.63) is 0 Å². The molecule has 4 aliphatic carbocycles. The van der Waals surface area contributed by atoms with Crippen LogP contribution in [0.2, 0.25) is 0 Å². The highest BCUT2D eigenvalue weighted by atomic mass is 16.5. The summed E-state index contributed by atoms with van der Waals surface area (Å²) < 4.78 is 5.26. The SMILES string of the molecule is CCOC(=O)C12CC3CC(CC(C3)C1(C)O)C2. The highest BCUT2D eigenvalue weighted by Gasteiger charge is 2.67. The summed E-state index contributed by atoms with van der Waals surface area (Å²) in [6, 6.07) is 0. The number of carbonyl (C=O) groups is 1. The van der Waals surface area contributed by atoms with E-state index in [1.807, 2.05) is 13.8 Å². The Labute approximate surface area is 103 Å². The van der Waals surface area contributed by atoms with Gasteiger partial charge in [0, 0.05) is 0 Å². The quantitative estimate of drug-likeness (QED) is 0.750. The summed E-state index contributed by atoms with van der Waals surface area (Å²) in [7, 11) is 0. The van der Waals surface area contributed by atoms with Crippen LogP contribution in [0.3, 0.4) is 0 Å². The number of ether oxygens (including phenoxy) is 1. The number of hydrogen-bond acceptors (Lipinski definition) is 3. The summed E-state index contributed by atoms with van der Waals surface area (Å²) in [6.07, 6.45) is 5.14. The second-order valence-corrected chi connectivity index (χ2v) is 6.49. The van der Waals surface area contributed by atoms with Gasteiger partial charge in [-0.05, 0) is 63.7 Å². The van der Waals surface area contributed by atoms with Crippen molar-refractivity contribution in [1.82, 2.24) is 0 Å². The van der Waals surface area contributed by atoms with Gasteiger partial charge in [-0.2, -0.15) is 0 Å². The third-order valence-corrected chi connectivity index (χ3v) is 5.61. The summed E-state index contributed by atoms with van der Waals surface area (Å²) in [6.45, 7) is 4.12. The molecule has 0 heterocycles. The fourth-order valence-electron chi connectivity index (χ4n) is 4.87. The standard InChI is InChI=1S/C14H22O3/c1-3-17-12(15)14-7-9-4-10(8-14)6-11(5-9)13(14,2)16/h9-11,16H,3-8H2,1-2H3. The summed E-state index contributed by atoms with van der Waals surface area (Å²) >= 11 is 0. The van der Waals surface area contributed by atoms with Crippen LogP contribution in [0.1, 0.15) is 46.0 Å². The van der Waals surface area contributed by atoms with Crippen LogP contribution in [0.25, 0.3) is 0 Å². The Morgan fingerprint density at radius 3 is 2.41 bits per heavy atom. The number of esters is 1. The second kappa shape index (κ2) is 3.47. The first-order chi connectivity index (χ1) is 7.99. The number of rotatable bonds is 2. The lowest BCUT2D eigenvalue weighted by Gasteiger charge is -2.62. The molecule has 1 N–H and O–H groups in total. The summed E-state index contributed by atoms with van der Waals surface area (Å²) in [5, 5.41) is 10.8. The van der Waals surface area contributed by atoms with Gasteiger partial charge in [0.15, 0.2) is 0 Å². The molecule has 4 aliphatic rings. The molecule has 0 spiro atoms. The van der Waals surface area contributed by atoms with Crippen molar-refractivity contribution >= 4 is 5.97 Å². The second-order valence-electron chi connectivity index (χ2n) is 6.49. The molecule has 0 aromatic heterocycles. The molecule has 0 aromatic carbocycles. The molecule has 96 valence electrons. The molecule has 4 saturated carbocycles. The third kappa shape index (κ3) is 1.35. The summed E-state index contributed by atoms with van der Waals surface area (Å²) in [5.41, 5.74) is -1.45. The van der Waals surface area contributed by atoms with E-state index in [1.54, 1.807) is 0 Å². The first-order valence-electron chi connectivity index (χ1n) is 6.89. The number of hydrogen-bond donors (Lipinski definition) is 1. The number of aliphatic hydroxyl groups is 1. The molecule has 0 amide bonds. The van der Waals surface area contributed by atoms with Crippen LogP contribution < -0.4 is 0 Å². The van der Waals surface area contributed by atoms with E-state index in [0.29, 0.717) is 24.4 Å². The van der Waals surface area contributed by atoms with E-state index in [1.165, 1.54) is 6.42 Å². The predicted octanol–water partition coefficient (Wildman–Crippen LogP) is 2.13. The van der Waals surface area contributed by atoms with Gasteiger partial charge >= 0.3 is 5.97 Å². The van der Waals surface area contributed by atoms with E-state index in [4.69, 9.17) is 4.74 Å². The first kappa shape index (κ1) is 11.5. The molecule has 3 nitrogen and oxygen atoms in total. The Hall–Kier alpha value is -0.570. The van der Waals surface area contributed by atoms with Crippen LogP contribution in [0.5, 0.6) is 0 Å². The van der Waals surface area contributed by atoms with Crippen LogP contribution >= 0.6 is 0 Å². The van der Waals surface area contributed by atoms with Crippen molar-refractivity contribution in [3.63, 3.8) is 0 Å². The maximum atomic E-state index is 12.3. The minimum atomic E-state index is -0.854. The van der Waals surface area contributed by atoms with Gasteiger partial charge in [0.25, 0.3) is 0 Å². The van der Waals surface area contributed by atoms with Gasteiger partial charge in [-0.15, -0.1) is 0 Å². The van der Waals surface area contributed by atoms with Crippen LogP contribution in [0.4, 0.5) is 0 Å². The van der Waals surface area contributed by atoms with Gasteiger partial charge in [-0.25, -0.2) is 0 Å². The van der Waals surface area contributed by atoms with E-state index < -0.39 is 11.0 Å². The molecule has 4 bridgehead atoms. The molecule has 3 unspecified atom stereocenters. The van der Waals surface area contributed by atoms with Crippen molar-refractivity contribution in [2.24, 2.45) is 23.2 Å². The van der Waals surface area contributed by atoms with Crippen LogP contribution in [-0.2, 0) is 9.53 Å². The zero-order valence-corrected chi connectivity index (χ0v) is 10.7. The maximum absolute atomic E-state index is 12.3. The Bertz CT molecular complexity index is 333. The van der Waals surface area contributed by atoms with Crippen LogP contribution in [0.15, 0.2) is 0 Å². The van der Waals surface area contributed by atoms with Crippen molar-refractivity contribution < 1.29 is 14.6 Å². The molecular formula is C14H22O3. The van der Waals surface area contributed by atoms with Gasteiger partial charge in [-0.3, -0.25) is 4.79 Å². The van der Waals surface area contributed by atoms with E-state index in [-0.39, 0.29) is 5.97 Å². The van der Waals surface area contributed by atoms with E-state index >= 15 is 0 Å². The molecule has 0 saturated heterocycles. The molecule has 4 rings (SSSR count). The first-order valence-corrected chi connectivity index (χ1v) is 6.89. The zero-order valence-electron chi connectivity index (χ0n) is 10.7. The van der Waals surface area contributed by atoms with Crippen molar-refractivity contribution in [1.29, 1.82) is 0 Å². The van der Waals surface area contributed by atoms with Gasteiger partial charge in [0.1, 0.15) is 0 Å². The minimum Gasteiger partial charge on any atom is -0.465 e. The van der Waals surface area contributed by atoms with Crippen molar-refractivity contribution in [2.45, 2.75) is 51.6 Å². The fraction of sp³-hybridized carbons (Fsp3) is 0.929. The molecule has 4 fully saturated rings. The monoisotopic (exact) mass is 238 g/mol. The Kier molecular flexibility index (Phi) is 2.35. The van der Waals surface area contributed by atoms with Crippen molar-refractivity contribution in [3.8, 4) is 0 Å². The average molecular weight is 238 g/mol. The predicted molar refractivity (Wildman–Crippen MR) is 63.2 cm³/mol. The molecule has 0 aliphatic heterocycles. The van der Waals surface area contributed by atoms with Crippen molar-refractivity contribution in [2.75, 3.05) is 6.61 Å². The van der Waals surface area contributed by atoms with Crippen LogP contribution in [0, 0.1) is 23.2 Å².